The molecule has 0 aliphatic carbocycles. The average molecular weight is 280 g/mol. The van der Waals surface area contributed by atoms with Gasteiger partial charge in [-0.1, -0.05) is 18.5 Å². The molecule has 0 heterocycles. The van der Waals surface area contributed by atoms with E-state index >= 15 is 0 Å². The summed E-state index contributed by atoms with van der Waals surface area (Å²) in [6.45, 7) is 0.580. The van der Waals surface area contributed by atoms with E-state index in [9.17, 15) is 0 Å². The minimum absolute atomic E-state index is 0.403. The first-order chi connectivity index (χ1) is 7.35. The fraction of sp³-hybridized carbons (Fsp3) is 1.00. The minimum Gasteiger partial charge on any atom is -0.394 e. The Balaban J connectivity index is 0. The molecule has 0 fully saturated rings. The third-order valence-electron chi connectivity index (χ3n) is 1.47. The number of rotatable bonds is 6. The van der Waals surface area contributed by atoms with Gasteiger partial charge < -0.3 is 30.8 Å². The molecule has 100 valence electrons. The van der Waals surface area contributed by atoms with Crippen molar-refractivity contribution in [2.45, 2.75) is 24.4 Å². The molecule has 0 rings (SSSR count). The number of hydrogen-bond donors (Lipinski definition) is 6. The first kappa shape index (κ1) is 18.8. The smallest absolute Gasteiger partial charge is 0.328 e. The molecule has 0 aliphatic rings. The Bertz CT molecular complexity index is 152. The van der Waals surface area contributed by atoms with Crippen LogP contribution in [0.1, 0.15) is 13.3 Å². The Hall–Kier alpha value is 0.440. The van der Waals surface area contributed by atoms with Gasteiger partial charge in [0.2, 0.25) is 0 Å². The highest BCUT2D eigenvalue weighted by Gasteiger charge is 2.20. The van der Waals surface area contributed by atoms with Crippen molar-refractivity contribution >= 4 is 20.2 Å². The van der Waals surface area contributed by atoms with Crippen molar-refractivity contribution in [2.75, 3.05) is 19.8 Å². The number of halogens is 1. The van der Waals surface area contributed by atoms with E-state index in [2.05, 4.69) is 4.52 Å². The van der Waals surface area contributed by atoms with Crippen LogP contribution in [0.25, 0.3) is 0 Å². The summed E-state index contributed by atoms with van der Waals surface area (Å²) in [4.78, 5) is 16.3. The predicted molar refractivity (Wildman–Crippen MR) is 60.6 cm³/mol. The van der Waals surface area contributed by atoms with Crippen molar-refractivity contribution < 1.29 is 29.6 Å². The number of aliphatic hydroxyl groups is 3. The molecule has 0 aromatic rings. The zero-order valence-corrected chi connectivity index (χ0v) is 10.6. The second-order valence-electron chi connectivity index (χ2n) is 3.01. The zero-order valence-electron chi connectivity index (χ0n) is 8.95. The molecule has 1 atom stereocenters. The van der Waals surface area contributed by atoms with Crippen molar-refractivity contribution in [1.29, 1.82) is 0 Å². The van der Waals surface area contributed by atoms with E-state index in [4.69, 9.17) is 42.4 Å². The van der Waals surface area contributed by atoms with Gasteiger partial charge in [0.1, 0.15) is 5.56 Å². The lowest BCUT2D eigenvalue weighted by Gasteiger charge is -2.20. The lowest BCUT2D eigenvalue weighted by atomic mass is 10.1. The monoisotopic (exact) mass is 279 g/mol. The molecule has 0 saturated heterocycles. The highest BCUT2D eigenvalue weighted by molar-refractivity contribution is 7.39. The van der Waals surface area contributed by atoms with Gasteiger partial charge >= 0.3 is 8.60 Å². The highest BCUT2D eigenvalue weighted by Crippen LogP contribution is 2.29. The predicted octanol–water partition coefficient (Wildman–Crippen LogP) is -1.15. The van der Waals surface area contributed by atoms with Crippen molar-refractivity contribution in [3.05, 3.63) is 0 Å². The standard InChI is InChI=1S/C4H11NO3.C3H8ClO3P/c5-4(1-6,2-7)3-8;1-2-3(4)7-8(5)6/h6-8H,1-3,5H2;3,5-6H,2H2,1H3. The largest absolute Gasteiger partial charge is 0.394 e. The molecular formula is C7H19ClNO6P. The Morgan fingerprint density at radius 1 is 1.25 bits per heavy atom. The molecule has 0 bridgehead atoms. The quantitative estimate of drug-likeness (QED) is 0.267. The number of alkyl halides is 1. The Morgan fingerprint density at radius 3 is 1.69 bits per heavy atom. The number of aliphatic hydroxyl groups excluding tert-OH is 3. The molecule has 0 aromatic heterocycles. The number of nitrogens with two attached hydrogens (primary N) is 1. The van der Waals surface area contributed by atoms with E-state index in [0.29, 0.717) is 6.42 Å². The summed E-state index contributed by atoms with van der Waals surface area (Å²) < 4.78 is 4.34. The molecule has 1 unspecified atom stereocenters. The van der Waals surface area contributed by atoms with Crippen LogP contribution in [0.3, 0.4) is 0 Å². The summed E-state index contributed by atoms with van der Waals surface area (Å²) in [6.07, 6.45) is 0.571. The maximum absolute atomic E-state index is 8.34. The second-order valence-corrected chi connectivity index (χ2v) is 4.22. The molecule has 7 nitrogen and oxygen atoms in total. The van der Waals surface area contributed by atoms with Crippen molar-refractivity contribution in [2.24, 2.45) is 5.73 Å². The van der Waals surface area contributed by atoms with E-state index in [0.717, 1.165) is 0 Å². The molecule has 0 radical (unpaired) electrons. The van der Waals surface area contributed by atoms with Crippen molar-refractivity contribution in [3.8, 4) is 0 Å². The van der Waals surface area contributed by atoms with Crippen LogP contribution in [-0.2, 0) is 4.52 Å². The first-order valence-electron chi connectivity index (χ1n) is 4.45. The summed E-state index contributed by atoms with van der Waals surface area (Å²) in [6, 6.07) is 0. The summed E-state index contributed by atoms with van der Waals surface area (Å²) in [5, 5.41) is 25.0. The van der Waals surface area contributed by atoms with Gasteiger partial charge in [0.25, 0.3) is 0 Å². The third kappa shape index (κ3) is 10.9. The Morgan fingerprint density at radius 2 is 1.62 bits per heavy atom. The lowest BCUT2D eigenvalue weighted by molar-refractivity contribution is 0.0697. The SMILES string of the molecule is CCC(Cl)OP(O)O.NC(CO)(CO)CO. The van der Waals surface area contributed by atoms with Crippen molar-refractivity contribution in [3.63, 3.8) is 0 Å². The molecular weight excluding hydrogens is 261 g/mol. The average Bonchev–Trinajstić information content (AvgIpc) is 2.28. The lowest BCUT2D eigenvalue weighted by Crippen LogP contribution is -2.50. The van der Waals surface area contributed by atoms with Crippen LogP contribution >= 0.6 is 20.2 Å². The fourth-order valence-electron chi connectivity index (χ4n) is 0.327. The van der Waals surface area contributed by atoms with E-state index in [1.54, 1.807) is 6.92 Å². The molecule has 0 amide bonds. The van der Waals surface area contributed by atoms with Gasteiger partial charge in [0.05, 0.1) is 25.4 Å². The molecule has 0 saturated carbocycles. The van der Waals surface area contributed by atoms with Gasteiger partial charge in [0, 0.05) is 0 Å². The van der Waals surface area contributed by atoms with Crippen LogP contribution < -0.4 is 5.73 Å². The van der Waals surface area contributed by atoms with Crippen LogP contribution in [0.15, 0.2) is 0 Å². The Kier molecular flexibility index (Phi) is 12.4. The van der Waals surface area contributed by atoms with Gasteiger partial charge in [-0.15, -0.1) is 0 Å². The highest BCUT2D eigenvalue weighted by atomic mass is 35.5. The summed E-state index contributed by atoms with van der Waals surface area (Å²) >= 11 is 5.33. The topological polar surface area (TPSA) is 136 Å². The normalized spacial score (nSPS) is 13.3. The molecule has 7 N–H and O–H groups in total. The van der Waals surface area contributed by atoms with Gasteiger partial charge in [-0.25, -0.2) is 0 Å². The summed E-state index contributed by atoms with van der Waals surface area (Å²) in [5.74, 6) is 0. The minimum atomic E-state index is -2.28. The summed E-state index contributed by atoms with van der Waals surface area (Å²) in [7, 11) is -2.28. The van der Waals surface area contributed by atoms with E-state index in [-0.39, 0.29) is 0 Å². The van der Waals surface area contributed by atoms with Crippen LogP contribution in [0.2, 0.25) is 0 Å². The van der Waals surface area contributed by atoms with E-state index < -0.39 is 39.5 Å². The van der Waals surface area contributed by atoms with Gasteiger partial charge in [-0.05, 0) is 6.42 Å². The van der Waals surface area contributed by atoms with E-state index in [1.807, 2.05) is 0 Å². The summed E-state index contributed by atoms with van der Waals surface area (Å²) in [5.41, 5.74) is 3.36. The van der Waals surface area contributed by atoms with Crippen molar-refractivity contribution in [1.82, 2.24) is 0 Å². The third-order valence-corrected chi connectivity index (χ3v) is 2.44. The van der Waals surface area contributed by atoms with E-state index in [1.165, 1.54) is 0 Å². The van der Waals surface area contributed by atoms with Gasteiger partial charge in [0.15, 0.2) is 0 Å². The maximum atomic E-state index is 8.34. The van der Waals surface area contributed by atoms with Gasteiger partial charge in [-0.3, -0.25) is 4.52 Å². The molecule has 0 spiro atoms. The molecule has 16 heavy (non-hydrogen) atoms. The van der Waals surface area contributed by atoms with Crippen LogP contribution in [0.5, 0.6) is 0 Å². The first-order valence-corrected chi connectivity index (χ1v) is 6.05. The maximum Gasteiger partial charge on any atom is 0.328 e. The van der Waals surface area contributed by atoms with Crippen LogP contribution in [0.4, 0.5) is 0 Å². The second kappa shape index (κ2) is 10.6. The number of hydrogen-bond acceptors (Lipinski definition) is 7. The molecule has 9 heteroatoms. The molecule has 0 aromatic carbocycles. The zero-order chi connectivity index (χ0) is 13.2. The fourth-order valence-corrected chi connectivity index (χ4v) is 0.894. The van der Waals surface area contributed by atoms with Crippen LogP contribution in [-0.4, -0.2) is 56.0 Å². The van der Waals surface area contributed by atoms with Gasteiger partial charge in [-0.2, -0.15) is 0 Å². The van der Waals surface area contributed by atoms with Crippen LogP contribution in [0, 0.1) is 0 Å². The Labute approximate surface area is 100 Å². The molecule has 0 aliphatic heterocycles.